The number of ether oxygens (including phenoxy) is 1. The molecular weight excluding hydrogens is 186 g/mol. The average Bonchev–Trinajstić information content (AvgIpc) is 2.88. The van der Waals surface area contributed by atoms with Gasteiger partial charge in [0, 0.05) is 18.6 Å². The third kappa shape index (κ3) is 2.94. The predicted molar refractivity (Wildman–Crippen MR) is 63.0 cm³/mol. The fourth-order valence-electron chi connectivity index (χ4n) is 3.24. The van der Waals surface area contributed by atoms with Crippen molar-refractivity contribution < 1.29 is 4.74 Å². The Morgan fingerprint density at radius 1 is 1.33 bits per heavy atom. The normalized spacial score (nSPS) is 32.6. The van der Waals surface area contributed by atoms with Gasteiger partial charge in [0.05, 0.1) is 6.61 Å². The van der Waals surface area contributed by atoms with Crippen molar-refractivity contribution in [3.63, 3.8) is 0 Å². The van der Waals surface area contributed by atoms with E-state index in [0.29, 0.717) is 5.41 Å². The molecule has 1 saturated heterocycles. The van der Waals surface area contributed by atoms with Crippen LogP contribution in [0.2, 0.25) is 0 Å². The highest BCUT2D eigenvalue weighted by atomic mass is 16.5. The van der Waals surface area contributed by atoms with Crippen molar-refractivity contribution in [1.82, 2.24) is 5.32 Å². The second-order valence-corrected chi connectivity index (χ2v) is 5.44. The van der Waals surface area contributed by atoms with Crippen LogP contribution in [0.15, 0.2) is 0 Å². The molecule has 0 amide bonds. The summed E-state index contributed by atoms with van der Waals surface area (Å²) in [5.41, 5.74) is 0.477. The van der Waals surface area contributed by atoms with Gasteiger partial charge in [-0.2, -0.15) is 0 Å². The maximum atomic E-state index is 5.63. The quantitative estimate of drug-likeness (QED) is 0.754. The zero-order valence-electron chi connectivity index (χ0n) is 10.1. The van der Waals surface area contributed by atoms with Crippen molar-refractivity contribution in [2.24, 2.45) is 11.3 Å². The van der Waals surface area contributed by atoms with Crippen LogP contribution in [0.25, 0.3) is 0 Å². The van der Waals surface area contributed by atoms with Crippen LogP contribution in [0.1, 0.15) is 45.4 Å². The Kier molecular flexibility index (Phi) is 4.04. The molecule has 1 unspecified atom stereocenters. The van der Waals surface area contributed by atoms with Gasteiger partial charge in [-0.25, -0.2) is 0 Å². The largest absolute Gasteiger partial charge is 0.381 e. The number of hydrogen-bond donors (Lipinski definition) is 1. The molecular formula is C13H25NO. The minimum absolute atomic E-state index is 0.477. The summed E-state index contributed by atoms with van der Waals surface area (Å²) in [6, 6.07) is 0. The van der Waals surface area contributed by atoms with Gasteiger partial charge in [-0.15, -0.1) is 0 Å². The van der Waals surface area contributed by atoms with Crippen LogP contribution >= 0.6 is 0 Å². The molecule has 0 bridgehead atoms. The lowest BCUT2D eigenvalue weighted by Gasteiger charge is -2.30. The van der Waals surface area contributed by atoms with E-state index in [0.717, 1.165) is 25.7 Å². The zero-order chi connectivity index (χ0) is 10.6. The Labute approximate surface area is 93.8 Å². The molecule has 0 aromatic rings. The minimum atomic E-state index is 0.477. The van der Waals surface area contributed by atoms with Crippen molar-refractivity contribution in [3.05, 3.63) is 0 Å². The highest BCUT2D eigenvalue weighted by Gasteiger charge is 2.37. The molecule has 88 valence electrons. The predicted octanol–water partition coefficient (Wildman–Crippen LogP) is 2.58. The highest BCUT2D eigenvalue weighted by Crippen LogP contribution is 2.40. The molecule has 1 aliphatic heterocycles. The summed E-state index contributed by atoms with van der Waals surface area (Å²) in [4.78, 5) is 0. The molecule has 0 spiro atoms. The van der Waals surface area contributed by atoms with E-state index < -0.39 is 0 Å². The Hall–Kier alpha value is -0.0800. The summed E-state index contributed by atoms with van der Waals surface area (Å²) in [7, 11) is 0. The maximum absolute atomic E-state index is 5.63. The van der Waals surface area contributed by atoms with E-state index in [1.165, 1.54) is 45.1 Å². The van der Waals surface area contributed by atoms with Crippen LogP contribution in [0.5, 0.6) is 0 Å². The van der Waals surface area contributed by atoms with Gasteiger partial charge in [-0.3, -0.25) is 0 Å². The first-order valence-corrected chi connectivity index (χ1v) is 6.63. The van der Waals surface area contributed by atoms with E-state index in [9.17, 15) is 0 Å². The topological polar surface area (TPSA) is 21.3 Å². The second kappa shape index (κ2) is 5.31. The van der Waals surface area contributed by atoms with E-state index >= 15 is 0 Å². The van der Waals surface area contributed by atoms with Gasteiger partial charge in [-0.1, -0.05) is 32.6 Å². The monoisotopic (exact) mass is 211 g/mol. The molecule has 1 aliphatic carbocycles. The summed E-state index contributed by atoms with van der Waals surface area (Å²) in [6.07, 6.45) is 8.53. The molecule has 2 aliphatic rings. The van der Waals surface area contributed by atoms with Crippen molar-refractivity contribution in [2.45, 2.75) is 45.4 Å². The number of nitrogens with one attached hydrogen (secondary N) is 1. The van der Waals surface area contributed by atoms with Crippen LogP contribution < -0.4 is 5.32 Å². The molecule has 1 saturated carbocycles. The molecule has 1 atom stereocenters. The molecule has 0 aromatic carbocycles. The van der Waals surface area contributed by atoms with Crippen LogP contribution in [-0.2, 0) is 4.74 Å². The van der Waals surface area contributed by atoms with Gasteiger partial charge in [0.15, 0.2) is 0 Å². The Bertz CT molecular complexity index is 181. The Morgan fingerprint density at radius 3 is 2.73 bits per heavy atom. The fraction of sp³-hybridized carbons (Fsp3) is 1.00. The third-order valence-electron chi connectivity index (χ3n) is 4.13. The summed E-state index contributed by atoms with van der Waals surface area (Å²) in [6.45, 7) is 6.43. The average molecular weight is 211 g/mol. The molecule has 0 aromatic heterocycles. The number of hydrogen-bond acceptors (Lipinski definition) is 2. The van der Waals surface area contributed by atoms with E-state index in [1.807, 2.05) is 0 Å². The first-order valence-electron chi connectivity index (χ1n) is 6.63. The van der Waals surface area contributed by atoms with Crippen molar-refractivity contribution in [2.75, 3.05) is 26.3 Å². The Balaban J connectivity index is 1.86. The van der Waals surface area contributed by atoms with E-state index in [4.69, 9.17) is 4.74 Å². The van der Waals surface area contributed by atoms with Gasteiger partial charge >= 0.3 is 0 Å². The zero-order valence-corrected chi connectivity index (χ0v) is 10.1. The minimum Gasteiger partial charge on any atom is -0.381 e. The fourth-order valence-corrected chi connectivity index (χ4v) is 3.24. The van der Waals surface area contributed by atoms with Gasteiger partial charge in [0.25, 0.3) is 0 Å². The first kappa shape index (κ1) is 11.4. The molecule has 2 heteroatoms. The molecule has 2 nitrogen and oxygen atoms in total. The van der Waals surface area contributed by atoms with Crippen LogP contribution in [0.3, 0.4) is 0 Å². The van der Waals surface area contributed by atoms with Crippen LogP contribution in [-0.4, -0.2) is 26.3 Å². The van der Waals surface area contributed by atoms with Crippen LogP contribution in [0.4, 0.5) is 0 Å². The first-order chi connectivity index (χ1) is 7.35. The van der Waals surface area contributed by atoms with E-state index in [1.54, 1.807) is 0 Å². The Morgan fingerprint density at radius 2 is 2.13 bits per heavy atom. The van der Waals surface area contributed by atoms with Gasteiger partial charge in [-0.05, 0) is 25.3 Å². The van der Waals surface area contributed by atoms with Crippen LogP contribution in [0, 0.1) is 11.3 Å². The van der Waals surface area contributed by atoms with Gasteiger partial charge in [0.2, 0.25) is 0 Å². The SMILES string of the molecule is CCNCC1(CC2CCCC2)CCOC1. The lowest BCUT2D eigenvalue weighted by Crippen LogP contribution is -2.36. The lowest BCUT2D eigenvalue weighted by molar-refractivity contribution is 0.131. The second-order valence-electron chi connectivity index (χ2n) is 5.44. The van der Waals surface area contributed by atoms with E-state index in [-0.39, 0.29) is 0 Å². The van der Waals surface area contributed by atoms with Crippen molar-refractivity contribution in [3.8, 4) is 0 Å². The summed E-state index contributed by atoms with van der Waals surface area (Å²) < 4.78 is 5.63. The summed E-state index contributed by atoms with van der Waals surface area (Å²) in [5, 5.41) is 3.52. The molecule has 2 rings (SSSR count). The maximum Gasteiger partial charge on any atom is 0.0535 e. The summed E-state index contributed by atoms with van der Waals surface area (Å²) in [5.74, 6) is 0.991. The third-order valence-corrected chi connectivity index (χ3v) is 4.13. The summed E-state index contributed by atoms with van der Waals surface area (Å²) >= 11 is 0. The standard InChI is InChI=1S/C13H25NO/c1-2-14-10-13(7-8-15-11-13)9-12-5-3-4-6-12/h12,14H,2-11H2,1H3. The van der Waals surface area contributed by atoms with Gasteiger partial charge < -0.3 is 10.1 Å². The van der Waals surface area contributed by atoms with Crippen molar-refractivity contribution in [1.29, 1.82) is 0 Å². The molecule has 2 fully saturated rings. The smallest absolute Gasteiger partial charge is 0.0535 e. The highest BCUT2D eigenvalue weighted by molar-refractivity contribution is 4.88. The molecule has 15 heavy (non-hydrogen) atoms. The molecule has 0 radical (unpaired) electrons. The van der Waals surface area contributed by atoms with E-state index in [2.05, 4.69) is 12.2 Å². The molecule has 1 N–H and O–H groups in total. The number of rotatable bonds is 5. The molecule has 1 heterocycles. The van der Waals surface area contributed by atoms with Crippen molar-refractivity contribution >= 4 is 0 Å². The van der Waals surface area contributed by atoms with Gasteiger partial charge in [0.1, 0.15) is 0 Å². The lowest BCUT2D eigenvalue weighted by atomic mass is 9.78.